The maximum Gasteiger partial charge on any atom is 0.416 e. The monoisotopic (exact) mass is 438 g/mol. The average Bonchev–Trinajstić information content (AvgIpc) is 3.03. The van der Waals surface area contributed by atoms with Gasteiger partial charge in [-0.15, -0.1) is 0 Å². The molecule has 0 amide bonds. The fourth-order valence-corrected chi connectivity index (χ4v) is 5.28. The van der Waals surface area contributed by atoms with E-state index in [9.17, 15) is 21.6 Å². The largest absolute Gasteiger partial charge is 0.416 e. The molecule has 1 fully saturated rings. The number of sulfone groups is 1. The molecule has 0 radical (unpaired) electrons. The van der Waals surface area contributed by atoms with E-state index >= 15 is 0 Å². The van der Waals surface area contributed by atoms with Crippen molar-refractivity contribution in [2.24, 2.45) is 11.0 Å². The number of nitrogens with zero attached hydrogens (tertiary/aromatic N) is 3. The Balaban J connectivity index is 1.50. The van der Waals surface area contributed by atoms with Crippen LogP contribution in [0.2, 0.25) is 0 Å². The van der Waals surface area contributed by atoms with Gasteiger partial charge < -0.3 is 5.32 Å². The number of allylic oxidation sites excluding steroid dienone is 1. The van der Waals surface area contributed by atoms with Gasteiger partial charge >= 0.3 is 6.18 Å². The number of hydrazone groups is 1. The summed E-state index contributed by atoms with van der Waals surface area (Å²) >= 11 is 0. The predicted molar refractivity (Wildman–Crippen MR) is 107 cm³/mol. The van der Waals surface area contributed by atoms with Crippen LogP contribution in [0.5, 0.6) is 0 Å². The first-order valence-corrected chi connectivity index (χ1v) is 11.4. The lowest BCUT2D eigenvalue weighted by atomic mass is 10.0. The molecule has 0 aliphatic carbocycles. The topological polar surface area (TPSA) is 65.0 Å². The molecule has 4 rings (SSSR count). The van der Waals surface area contributed by atoms with Gasteiger partial charge in [-0.25, -0.2) is 8.42 Å². The third kappa shape index (κ3) is 4.26. The van der Waals surface area contributed by atoms with Crippen molar-refractivity contribution in [1.82, 2.24) is 15.2 Å². The fraction of sp³-hybridized carbons (Fsp3) is 0.450. The van der Waals surface area contributed by atoms with Crippen LogP contribution in [0.4, 0.5) is 13.2 Å². The SMILES string of the molecule is CN1N=C(c2cccc(C(F)(F)F)c2)N2C=C(NCC3CCS(=O)(=O)CC3)C#CC12. The second-order valence-electron chi connectivity index (χ2n) is 7.64. The van der Waals surface area contributed by atoms with Gasteiger partial charge in [-0.1, -0.05) is 12.1 Å². The molecule has 0 aromatic heterocycles. The zero-order valence-electron chi connectivity index (χ0n) is 16.3. The molecule has 1 aromatic rings. The van der Waals surface area contributed by atoms with Crippen molar-refractivity contribution < 1.29 is 21.6 Å². The summed E-state index contributed by atoms with van der Waals surface area (Å²) in [5.74, 6) is 7.14. The van der Waals surface area contributed by atoms with Crippen LogP contribution in [0, 0.1) is 17.8 Å². The van der Waals surface area contributed by atoms with Crippen molar-refractivity contribution in [2.75, 3.05) is 25.1 Å². The van der Waals surface area contributed by atoms with Crippen LogP contribution in [0.25, 0.3) is 0 Å². The quantitative estimate of drug-likeness (QED) is 0.731. The van der Waals surface area contributed by atoms with Crippen molar-refractivity contribution in [2.45, 2.75) is 25.2 Å². The molecule has 0 bridgehead atoms. The first-order valence-electron chi connectivity index (χ1n) is 9.57. The first kappa shape index (κ1) is 20.6. The number of halogens is 3. The summed E-state index contributed by atoms with van der Waals surface area (Å²) in [6.45, 7) is 0.598. The summed E-state index contributed by atoms with van der Waals surface area (Å²) in [6.07, 6.45) is -1.84. The third-order valence-corrected chi connectivity index (χ3v) is 7.14. The Hall–Kier alpha value is -2.67. The zero-order valence-corrected chi connectivity index (χ0v) is 17.1. The van der Waals surface area contributed by atoms with Crippen LogP contribution in [-0.2, 0) is 16.0 Å². The lowest BCUT2D eigenvalue weighted by Gasteiger charge is -2.27. The van der Waals surface area contributed by atoms with E-state index in [4.69, 9.17) is 0 Å². The number of amidine groups is 1. The van der Waals surface area contributed by atoms with E-state index < -0.39 is 21.6 Å². The van der Waals surface area contributed by atoms with E-state index in [1.807, 2.05) is 0 Å². The standard InChI is InChI=1S/C20H21F3N4O2S/c1-26-18-6-5-17(24-12-14-7-9-30(28,29)10-8-14)13-27(18)19(25-26)15-3-2-4-16(11-15)20(21,22)23/h2-4,11,13-14,18,24H,7-10,12H2,1H3. The molecule has 1 saturated heterocycles. The highest BCUT2D eigenvalue weighted by molar-refractivity contribution is 7.91. The highest BCUT2D eigenvalue weighted by atomic mass is 32.2. The Kier molecular flexibility index (Phi) is 5.18. The van der Waals surface area contributed by atoms with E-state index in [-0.39, 0.29) is 23.6 Å². The third-order valence-electron chi connectivity index (χ3n) is 5.42. The van der Waals surface area contributed by atoms with Crippen LogP contribution in [0.3, 0.4) is 0 Å². The normalized spacial score (nSPS) is 23.3. The molecular formula is C20H21F3N4O2S. The zero-order chi connectivity index (χ0) is 21.5. The summed E-state index contributed by atoms with van der Waals surface area (Å²) in [5, 5.41) is 9.26. The summed E-state index contributed by atoms with van der Waals surface area (Å²) in [7, 11) is -1.18. The summed E-state index contributed by atoms with van der Waals surface area (Å²) in [5.41, 5.74) is 0.261. The van der Waals surface area contributed by atoms with E-state index in [1.54, 1.807) is 29.2 Å². The lowest BCUT2D eigenvalue weighted by molar-refractivity contribution is -0.137. The average molecular weight is 438 g/mol. The highest BCUT2D eigenvalue weighted by Crippen LogP contribution is 2.31. The molecule has 3 aliphatic heterocycles. The molecule has 30 heavy (non-hydrogen) atoms. The molecular weight excluding hydrogens is 417 g/mol. The number of nitrogens with one attached hydrogen (secondary N) is 1. The molecule has 3 aliphatic rings. The van der Waals surface area contributed by atoms with Crippen molar-refractivity contribution >= 4 is 15.7 Å². The van der Waals surface area contributed by atoms with Gasteiger partial charge in [0.25, 0.3) is 0 Å². The molecule has 1 unspecified atom stereocenters. The number of fused-ring (bicyclic) bond motifs is 1. The number of alkyl halides is 3. The van der Waals surface area contributed by atoms with E-state index in [1.165, 1.54) is 6.07 Å². The minimum absolute atomic E-state index is 0.204. The van der Waals surface area contributed by atoms with Crippen molar-refractivity contribution in [1.29, 1.82) is 0 Å². The second-order valence-corrected chi connectivity index (χ2v) is 9.95. The van der Waals surface area contributed by atoms with Crippen LogP contribution in [0.1, 0.15) is 24.0 Å². The predicted octanol–water partition coefficient (Wildman–Crippen LogP) is 2.21. The van der Waals surface area contributed by atoms with Crippen LogP contribution in [0.15, 0.2) is 41.3 Å². The Labute approximate surface area is 173 Å². The first-order chi connectivity index (χ1) is 14.1. The van der Waals surface area contributed by atoms with E-state index in [2.05, 4.69) is 22.3 Å². The lowest BCUT2D eigenvalue weighted by Crippen LogP contribution is -2.40. The maximum absolute atomic E-state index is 13.1. The molecule has 1 atom stereocenters. The van der Waals surface area contributed by atoms with Crippen molar-refractivity contribution in [3.63, 3.8) is 0 Å². The summed E-state index contributed by atoms with van der Waals surface area (Å²) in [6, 6.07) is 5.07. The smallest absolute Gasteiger partial charge is 0.377 e. The number of benzene rings is 1. The molecule has 10 heteroatoms. The Bertz CT molecular complexity index is 1060. The van der Waals surface area contributed by atoms with Crippen molar-refractivity contribution in [3.8, 4) is 11.8 Å². The van der Waals surface area contributed by atoms with Gasteiger partial charge in [-0.05, 0) is 42.7 Å². The van der Waals surface area contributed by atoms with Gasteiger partial charge in [0.15, 0.2) is 12.0 Å². The van der Waals surface area contributed by atoms with Gasteiger partial charge in [0, 0.05) is 25.4 Å². The van der Waals surface area contributed by atoms with Gasteiger partial charge in [0.2, 0.25) is 0 Å². The molecule has 0 spiro atoms. The Morgan fingerprint density at radius 3 is 2.70 bits per heavy atom. The number of hydrogen-bond donors (Lipinski definition) is 1. The molecule has 6 nitrogen and oxygen atoms in total. The minimum atomic E-state index is -4.43. The van der Waals surface area contributed by atoms with Crippen molar-refractivity contribution in [3.05, 3.63) is 47.3 Å². The second kappa shape index (κ2) is 7.54. The molecule has 0 saturated carbocycles. The summed E-state index contributed by atoms with van der Waals surface area (Å²) in [4.78, 5) is 1.75. The number of hydrogen-bond acceptors (Lipinski definition) is 6. The molecule has 1 aromatic carbocycles. The molecule has 1 N–H and O–H groups in total. The van der Waals surface area contributed by atoms with E-state index in [0.29, 0.717) is 36.5 Å². The number of rotatable bonds is 4. The maximum atomic E-state index is 13.1. The Morgan fingerprint density at radius 2 is 2.00 bits per heavy atom. The van der Waals surface area contributed by atoms with Crippen LogP contribution in [-0.4, -0.2) is 55.4 Å². The minimum Gasteiger partial charge on any atom is -0.377 e. The fourth-order valence-electron chi connectivity index (χ4n) is 3.69. The van der Waals surface area contributed by atoms with Gasteiger partial charge in [0.05, 0.1) is 17.1 Å². The Morgan fingerprint density at radius 1 is 1.27 bits per heavy atom. The van der Waals surface area contributed by atoms with Crippen LogP contribution < -0.4 is 5.32 Å². The highest BCUT2D eigenvalue weighted by Gasteiger charge is 2.35. The van der Waals surface area contributed by atoms with Gasteiger partial charge in [-0.3, -0.25) is 9.91 Å². The van der Waals surface area contributed by atoms with E-state index in [0.717, 1.165) is 12.1 Å². The summed E-state index contributed by atoms with van der Waals surface area (Å²) < 4.78 is 62.4. The molecule has 160 valence electrons. The van der Waals surface area contributed by atoms with Gasteiger partial charge in [-0.2, -0.15) is 18.3 Å². The molecule has 3 heterocycles. The van der Waals surface area contributed by atoms with Crippen LogP contribution >= 0.6 is 0 Å². The van der Waals surface area contributed by atoms with Gasteiger partial charge in [0.1, 0.15) is 15.5 Å².